The Labute approximate surface area is 182 Å². The second-order valence-electron chi connectivity index (χ2n) is 6.89. The highest BCUT2D eigenvalue weighted by atomic mass is 35.5. The van der Waals surface area contributed by atoms with Crippen LogP contribution in [0.5, 0.6) is 0 Å². The van der Waals surface area contributed by atoms with E-state index < -0.39 is 0 Å². The van der Waals surface area contributed by atoms with E-state index >= 15 is 0 Å². The molecule has 1 unspecified atom stereocenters. The largest absolute Gasteiger partial charge is 0.423 e. The van der Waals surface area contributed by atoms with Gasteiger partial charge >= 0.3 is 6.01 Å². The summed E-state index contributed by atoms with van der Waals surface area (Å²) in [7, 11) is 0. The average molecular weight is 436 g/mol. The molecule has 0 fully saturated rings. The van der Waals surface area contributed by atoms with Crippen molar-refractivity contribution >= 4 is 46.0 Å². The molecular weight excluding hydrogens is 418 g/mol. The highest BCUT2D eigenvalue weighted by Crippen LogP contribution is 2.32. The minimum atomic E-state index is -0.205. The first kappa shape index (κ1) is 18.8. The Kier molecular flexibility index (Phi) is 4.98. The van der Waals surface area contributed by atoms with Crippen molar-refractivity contribution in [1.82, 2.24) is 14.9 Å². The van der Waals surface area contributed by atoms with Crippen LogP contribution in [0.1, 0.15) is 23.4 Å². The number of nitrogens with one attached hydrogen (secondary N) is 1. The lowest BCUT2D eigenvalue weighted by atomic mass is 10.0. The number of halogens is 1. The summed E-state index contributed by atoms with van der Waals surface area (Å²) in [6, 6.07) is 15.6. The molecule has 1 aliphatic heterocycles. The number of oxazole rings is 1. The third-order valence-electron chi connectivity index (χ3n) is 4.88. The molecule has 0 spiro atoms. The van der Waals surface area contributed by atoms with Gasteiger partial charge in [-0.25, -0.2) is 4.99 Å². The molecule has 1 aliphatic rings. The standard InChI is InChI=1S/C22H18ClN5OS/c1-14-10-19(16-6-2-3-7-17(16)23)25-21(28(14)12-15-11-24-13-30-15)27-22-26-18-8-4-5-9-20(18)29-22/h2-11,13,19H,12H2,1H3,(H,25,26,27). The molecule has 0 aliphatic carbocycles. The van der Waals surface area contributed by atoms with Crippen LogP contribution in [0, 0.1) is 0 Å². The van der Waals surface area contributed by atoms with E-state index in [1.54, 1.807) is 11.3 Å². The number of para-hydroxylation sites is 2. The van der Waals surface area contributed by atoms with E-state index in [4.69, 9.17) is 21.0 Å². The molecule has 0 amide bonds. The van der Waals surface area contributed by atoms with Crippen LogP contribution in [0.15, 0.2) is 81.4 Å². The number of aliphatic imine (C=N–C) groups is 1. The first-order valence-corrected chi connectivity index (χ1v) is 10.7. The van der Waals surface area contributed by atoms with Gasteiger partial charge in [0, 0.05) is 21.8 Å². The van der Waals surface area contributed by atoms with Gasteiger partial charge in [0.05, 0.1) is 12.1 Å². The minimum Gasteiger partial charge on any atom is -0.423 e. The van der Waals surface area contributed by atoms with Crippen LogP contribution in [-0.2, 0) is 6.54 Å². The molecule has 1 atom stereocenters. The lowest BCUT2D eigenvalue weighted by Gasteiger charge is -2.31. The summed E-state index contributed by atoms with van der Waals surface area (Å²) in [6.45, 7) is 2.71. The fourth-order valence-electron chi connectivity index (χ4n) is 3.40. The Morgan fingerprint density at radius 1 is 1.17 bits per heavy atom. The van der Waals surface area contributed by atoms with Crippen LogP contribution in [0.3, 0.4) is 0 Å². The summed E-state index contributed by atoms with van der Waals surface area (Å²) in [6.07, 6.45) is 3.98. The van der Waals surface area contributed by atoms with Crippen LogP contribution in [-0.4, -0.2) is 20.8 Å². The molecule has 2 aromatic heterocycles. The van der Waals surface area contributed by atoms with Crippen molar-refractivity contribution in [1.29, 1.82) is 0 Å². The van der Waals surface area contributed by atoms with Crippen molar-refractivity contribution in [2.45, 2.75) is 19.5 Å². The maximum Gasteiger partial charge on any atom is 0.302 e. The molecule has 6 nitrogen and oxygen atoms in total. The summed E-state index contributed by atoms with van der Waals surface area (Å²) >= 11 is 8.06. The molecule has 0 saturated heterocycles. The van der Waals surface area contributed by atoms with Gasteiger partial charge in [-0.1, -0.05) is 41.9 Å². The molecule has 2 aromatic carbocycles. The number of rotatable bonds is 4. The Bertz CT molecular complexity index is 1210. The third kappa shape index (κ3) is 3.69. The SMILES string of the molecule is CC1=CC(c2ccccc2Cl)N=C(Nc2nc3ccccc3o2)N1Cc1cncs1. The summed E-state index contributed by atoms with van der Waals surface area (Å²) in [5, 5.41) is 3.97. The van der Waals surface area contributed by atoms with Gasteiger partial charge < -0.3 is 9.32 Å². The van der Waals surface area contributed by atoms with E-state index in [1.807, 2.05) is 60.2 Å². The monoisotopic (exact) mass is 435 g/mol. The van der Waals surface area contributed by atoms with Crippen molar-refractivity contribution in [2.24, 2.45) is 4.99 Å². The van der Waals surface area contributed by atoms with E-state index in [0.717, 1.165) is 27.2 Å². The van der Waals surface area contributed by atoms with Gasteiger partial charge in [0.25, 0.3) is 0 Å². The van der Waals surface area contributed by atoms with Gasteiger partial charge in [-0.3, -0.25) is 10.3 Å². The van der Waals surface area contributed by atoms with E-state index in [9.17, 15) is 0 Å². The number of anilines is 1. The Balaban J connectivity index is 1.52. The zero-order chi connectivity index (χ0) is 20.5. The van der Waals surface area contributed by atoms with Gasteiger partial charge in [0.1, 0.15) is 11.6 Å². The number of guanidine groups is 1. The first-order chi connectivity index (χ1) is 14.7. The second kappa shape index (κ2) is 7.93. The van der Waals surface area contributed by atoms with Gasteiger partial charge in [-0.2, -0.15) is 4.98 Å². The number of benzene rings is 2. The molecule has 8 heteroatoms. The van der Waals surface area contributed by atoms with Crippen molar-refractivity contribution in [2.75, 3.05) is 5.32 Å². The van der Waals surface area contributed by atoms with Crippen LogP contribution in [0.25, 0.3) is 11.1 Å². The van der Waals surface area contributed by atoms with E-state index in [0.29, 0.717) is 23.5 Å². The number of thiazole rings is 1. The molecule has 150 valence electrons. The molecule has 30 heavy (non-hydrogen) atoms. The third-order valence-corrected chi connectivity index (χ3v) is 5.98. The van der Waals surface area contributed by atoms with Crippen LogP contribution in [0.2, 0.25) is 5.02 Å². The quantitative estimate of drug-likeness (QED) is 0.434. The fourth-order valence-corrected chi connectivity index (χ4v) is 4.23. The lowest BCUT2D eigenvalue weighted by Crippen LogP contribution is -2.37. The highest BCUT2D eigenvalue weighted by molar-refractivity contribution is 7.09. The average Bonchev–Trinajstić information content (AvgIpc) is 3.40. The Hall–Kier alpha value is -3.16. The molecule has 4 aromatic rings. The van der Waals surface area contributed by atoms with E-state index in [-0.39, 0.29) is 6.04 Å². The maximum absolute atomic E-state index is 6.45. The number of hydrogen-bond donors (Lipinski definition) is 1. The molecule has 0 saturated carbocycles. The van der Waals surface area contributed by atoms with E-state index in [1.165, 1.54) is 0 Å². The zero-order valence-corrected chi connectivity index (χ0v) is 17.7. The molecular formula is C22H18ClN5OS. The minimum absolute atomic E-state index is 0.205. The van der Waals surface area contributed by atoms with Gasteiger partial charge in [0.15, 0.2) is 5.58 Å². The smallest absolute Gasteiger partial charge is 0.302 e. The number of allylic oxidation sites excluding steroid dienone is 1. The number of hydrogen-bond acceptors (Lipinski definition) is 7. The van der Waals surface area contributed by atoms with Crippen LogP contribution in [0.4, 0.5) is 6.01 Å². The van der Waals surface area contributed by atoms with Crippen molar-refractivity contribution in [3.63, 3.8) is 0 Å². The molecule has 0 bridgehead atoms. The molecule has 5 rings (SSSR count). The van der Waals surface area contributed by atoms with Crippen LogP contribution >= 0.6 is 22.9 Å². The van der Waals surface area contributed by atoms with Gasteiger partial charge in [0.2, 0.25) is 5.96 Å². The molecule has 0 radical (unpaired) electrons. The molecule has 1 N–H and O–H groups in total. The fraction of sp³-hybridized carbons (Fsp3) is 0.136. The summed E-state index contributed by atoms with van der Waals surface area (Å²) < 4.78 is 5.87. The number of nitrogens with zero attached hydrogens (tertiary/aromatic N) is 4. The predicted molar refractivity (Wildman–Crippen MR) is 121 cm³/mol. The topological polar surface area (TPSA) is 66.6 Å². The van der Waals surface area contributed by atoms with Crippen molar-refractivity contribution in [3.05, 3.63) is 87.5 Å². The van der Waals surface area contributed by atoms with Crippen molar-refractivity contribution < 1.29 is 4.42 Å². The van der Waals surface area contributed by atoms with Crippen molar-refractivity contribution in [3.8, 4) is 0 Å². The molecule has 3 heterocycles. The summed E-state index contributed by atoms with van der Waals surface area (Å²) in [5.41, 5.74) is 5.35. The maximum atomic E-state index is 6.45. The normalized spacial score (nSPS) is 16.5. The zero-order valence-electron chi connectivity index (χ0n) is 16.1. The van der Waals surface area contributed by atoms with Gasteiger partial charge in [-0.15, -0.1) is 11.3 Å². The Morgan fingerprint density at radius 3 is 2.80 bits per heavy atom. The summed E-state index contributed by atoms with van der Waals surface area (Å²) in [4.78, 5) is 16.9. The number of fused-ring (bicyclic) bond motifs is 1. The predicted octanol–water partition coefficient (Wildman–Crippen LogP) is 5.87. The van der Waals surface area contributed by atoms with E-state index in [2.05, 4.69) is 33.2 Å². The highest BCUT2D eigenvalue weighted by Gasteiger charge is 2.25. The van der Waals surface area contributed by atoms with Gasteiger partial charge in [-0.05, 0) is 36.8 Å². The Morgan fingerprint density at radius 2 is 2.00 bits per heavy atom. The van der Waals surface area contributed by atoms with Crippen LogP contribution < -0.4 is 5.32 Å². The second-order valence-corrected chi connectivity index (χ2v) is 8.27. The lowest BCUT2D eigenvalue weighted by molar-refractivity contribution is 0.486. The first-order valence-electron chi connectivity index (χ1n) is 9.45. The summed E-state index contributed by atoms with van der Waals surface area (Å²) in [5.74, 6) is 0.653. The number of aromatic nitrogens is 2.